The van der Waals surface area contributed by atoms with Gasteiger partial charge in [-0.3, -0.25) is 4.57 Å². The molecule has 0 saturated heterocycles. The van der Waals surface area contributed by atoms with Crippen molar-refractivity contribution in [2.75, 3.05) is 0 Å². The standard InChI is InChI=1S/C25H24ClFN4O2S2/c1-16-4-12-22(13-5-16)35(32,33)30-18(3)24-28-29-25(34-15-19-7-10-21(27)11-8-19)31(24)23-14-20(26)9-6-17(23)2/h4-14,18,30H,15H2,1-3H3. The van der Waals surface area contributed by atoms with Gasteiger partial charge in [0.15, 0.2) is 11.0 Å². The Balaban J connectivity index is 1.70. The van der Waals surface area contributed by atoms with E-state index < -0.39 is 16.1 Å². The molecule has 1 atom stereocenters. The van der Waals surface area contributed by atoms with Crippen LogP contribution in [-0.4, -0.2) is 23.2 Å². The molecule has 0 aliphatic rings. The molecule has 1 aromatic heterocycles. The first-order chi connectivity index (χ1) is 16.6. The maximum atomic E-state index is 13.3. The van der Waals surface area contributed by atoms with Crippen LogP contribution in [0.1, 0.15) is 35.5 Å². The highest BCUT2D eigenvalue weighted by Gasteiger charge is 2.25. The number of sulfonamides is 1. The molecule has 0 amide bonds. The topological polar surface area (TPSA) is 76.9 Å². The van der Waals surface area contributed by atoms with E-state index in [2.05, 4.69) is 14.9 Å². The van der Waals surface area contributed by atoms with Gasteiger partial charge >= 0.3 is 0 Å². The summed E-state index contributed by atoms with van der Waals surface area (Å²) in [5.41, 5.74) is 3.56. The maximum absolute atomic E-state index is 13.3. The van der Waals surface area contributed by atoms with E-state index in [4.69, 9.17) is 11.6 Å². The molecule has 1 N–H and O–H groups in total. The molecule has 0 saturated carbocycles. The van der Waals surface area contributed by atoms with Crippen molar-refractivity contribution in [3.63, 3.8) is 0 Å². The predicted molar refractivity (Wildman–Crippen MR) is 137 cm³/mol. The molecule has 6 nitrogen and oxygen atoms in total. The smallest absolute Gasteiger partial charge is 0.241 e. The van der Waals surface area contributed by atoms with Crippen LogP contribution in [0.25, 0.3) is 5.69 Å². The lowest BCUT2D eigenvalue weighted by atomic mass is 10.2. The van der Waals surface area contributed by atoms with Crippen LogP contribution in [0.3, 0.4) is 0 Å². The number of aryl methyl sites for hydroxylation is 2. The van der Waals surface area contributed by atoms with Gasteiger partial charge in [0.1, 0.15) is 5.82 Å². The number of benzene rings is 3. The molecule has 4 aromatic rings. The first kappa shape index (κ1) is 25.4. The molecule has 0 aliphatic heterocycles. The molecule has 0 fully saturated rings. The zero-order valence-electron chi connectivity index (χ0n) is 19.4. The van der Waals surface area contributed by atoms with Crippen molar-refractivity contribution in [1.29, 1.82) is 0 Å². The van der Waals surface area contributed by atoms with E-state index in [-0.39, 0.29) is 10.7 Å². The van der Waals surface area contributed by atoms with Crippen LogP contribution in [0.2, 0.25) is 5.02 Å². The lowest BCUT2D eigenvalue weighted by Crippen LogP contribution is -2.29. The first-order valence-corrected chi connectivity index (χ1v) is 13.7. The van der Waals surface area contributed by atoms with Crippen molar-refractivity contribution in [3.8, 4) is 5.69 Å². The van der Waals surface area contributed by atoms with E-state index in [1.807, 2.05) is 24.5 Å². The van der Waals surface area contributed by atoms with Gasteiger partial charge in [-0.25, -0.2) is 17.5 Å². The van der Waals surface area contributed by atoms with Gasteiger partial charge in [-0.15, -0.1) is 10.2 Å². The van der Waals surface area contributed by atoms with E-state index in [0.29, 0.717) is 21.8 Å². The highest BCUT2D eigenvalue weighted by molar-refractivity contribution is 7.98. The van der Waals surface area contributed by atoms with E-state index in [0.717, 1.165) is 22.4 Å². The molecule has 0 aliphatic carbocycles. The summed E-state index contributed by atoms with van der Waals surface area (Å²) in [7, 11) is -3.79. The Morgan fingerprint density at radius 1 is 1.03 bits per heavy atom. The highest BCUT2D eigenvalue weighted by Crippen LogP contribution is 2.31. The van der Waals surface area contributed by atoms with Gasteiger partial charge in [-0.2, -0.15) is 0 Å². The maximum Gasteiger partial charge on any atom is 0.241 e. The summed E-state index contributed by atoms with van der Waals surface area (Å²) in [6.07, 6.45) is 0. The third kappa shape index (κ3) is 5.92. The summed E-state index contributed by atoms with van der Waals surface area (Å²) in [6, 6.07) is 17.7. The highest BCUT2D eigenvalue weighted by atomic mass is 35.5. The molecule has 4 rings (SSSR count). The number of hydrogen-bond donors (Lipinski definition) is 1. The van der Waals surface area contributed by atoms with Crippen molar-refractivity contribution in [1.82, 2.24) is 19.5 Å². The Morgan fingerprint density at radius 2 is 1.71 bits per heavy atom. The number of thioether (sulfide) groups is 1. The summed E-state index contributed by atoms with van der Waals surface area (Å²) < 4.78 is 43.8. The first-order valence-electron chi connectivity index (χ1n) is 10.8. The van der Waals surface area contributed by atoms with Crippen LogP contribution in [0.15, 0.2) is 76.8 Å². The lowest BCUT2D eigenvalue weighted by Gasteiger charge is -2.18. The molecule has 10 heteroatoms. The van der Waals surface area contributed by atoms with Gasteiger partial charge < -0.3 is 0 Å². The number of rotatable bonds is 8. The molecular formula is C25H24ClFN4O2S2. The monoisotopic (exact) mass is 530 g/mol. The minimum atomic E-state index is -3.79. The summed E-state index contributed by atoms with van der Waals surface area (Å²) in [5.74, 6) is 0.655. The van der Waals surface area contributed by atoms with Crippen molar-refractivity contribution < 1.29 is 12.8 Å². The van der Waals surface area contributed by atoms with Gasteiger partial charge in [0, 0.05) is 10.8 Å². The molecule has 0 bridgehead atoms. The second-order valence-electron chi connectivity index (χ2n) is 8.18. The molecule has 0 radical (unpaired) electrons. The normalized spacial score (nSPS) is 12.6. The Hall–Kier alpha value is -2.72. The van der Waals surface area contributed by atoms with Crippen molar-refractivity contribution in [2.24, 2.45) is 0 Å². The lowest BCUT2D eigenvalue weighted by molar-refractivity contribution is 0.556. The largest absolute Gasteiger partial charge is 0.272 e. The average molecular weight is 531 g/mol. The third-order valence-electron chi connectivity index (χ3n) is 5.40. The minimum Gasteiger partial charge on any atom is -0.272 e. The van der Waals surface area contributed by atoms with Gasteiger partial charge in [0.05, 0.1) is 16.6 Å². The number of nitrogens with one attached hydrogen (secondary N) is 1. The van der Waals surface area contributed by atoms with E-state index in [9.17, 15) is 12.8 Å². The Kier molecular flexibility index (Phi) is 7.61. The molecular weight excluding hydrogens is 507 g/mol. The van der Waals surface area contributed by atoms with Crippen LogP contribution in [0.4, 0.5) is 4.39 Å². The Bertz CT molecular complexity index is 1440. The number of nitrogens with zero attached hydrogens (tertiary/aromatic N) is 3. The number of aromatic nitrogens is 3. The Morgan fingerprint density at radius 3 is 2.40 bits per heavy atom. The van der Waals surface area contributed by atoms with Gasteiger partial charge in [0.2, 0.25) is 10.0 Å². The minimum absolute atomic E-state index is 0.172. The fourth-order valence-corrected chi connectivity index (χ4v) is 5.78. The van der Waals surface area contributed by atoms with Gasteiger partial charge in [-0.1, -0.05) is 59.3 Å². The molecule has 1 heterocycles. The van der Waals surface area contributed by atoms with E-state index in [1.165, 1.54) is 23.9 Å². The fraction of sp³-hybridized carbons (Fsp3) is 0.200. The SMILES string of the molecule is Cc1ccc(S(=O)(=O)NC(C)c2nnc(SCc3ccc(F)cc3)n2-c2cc(Cl)ccc2C)cc1. The zero-order valence-corrected chi connectivity index (χ0v) is 21.8. The fourth-order valence-electron chi connectivity index (χ4n) is 3.50. The van der Waals surface area contributed by atoms with Crippen LogP contribution < -0.4 is 4.72 Å². The van der Waals surface area contributed by atoms with E-state index in [1.54, 1.807) is 55.5 Å². The van der Waals surface area contributed by atoms with E-state index >= 15 is 0 Å². The predicted octanol–water partition coefficient (Wildman–Crippen LogP) is 6.01. The van der Waals surface area contributed by atoms with Crippen molar-refractivity contribution in [3.05, 3.63) is 100 Å². The third-order valence-corrected chi connectivity index (χ3v) is 8.19. The van der Waals surface area contributed by atoms with Crippen LogP contribution in [0.5, 0.6) is 0 Å². The van der Waals surface area contributed by atoms with Crippen LogP contribution in [0, 0.1) is 19.7 Å². The summed E-state index contributed by atoms with van der Waals surface area (Å²) in [5, 5.41) is 9.80. The number of halogens is 2. The van der Waals surface area contributed by atoms with Crippen LogP contribution in [-0.2, 0) is 15.8 Å². The molecule has 35 heavy (non-hydrogen) atoms. The van der Waals surface area contributed by atoms with Crippen molar-refractivity contribution in [2.45, 2.75) is 42.6 Å². The average Bonchev–Trinajstić information content (AvgIpc) is 3.24. The molecule has 0 spiro atoms. The number of hydrogen-bond acceptors (Lipinski definition) is 5. The summed E-state index contributed by atoms with van der Waals surface area (Å²) in [6.45, 7) is 5.55. The summed E-state index contributed by atoms with van der Waals surface area (Å²) in [4.78, 5) is 0.172. The van der Waals surface area contributed by atoms with Crippen LogP contribution >= 0.6 is 23.4 Å². The van der Waals surface area contributed by atoms with Crippen molar-refractivity contribution >= 4 is 33.4 Å². The molecule has 1 unspecified atom stereocenters. The summed E-state index contributed by atoms with van der Waals surface area (Å²) >= 11 is 7.71. The molecule has 182 valence electrons. The Labute approximate surface area is 213 Å². The molecule has 3 aromatic carbocycles. The second kappa shape index (κ2) is 10.5. The zero-order chi connectivity index (χ0) is 25.2. The second-order valence-corrected chi connectivity index (χ2v) is 11.3. The van der Waals surface area contributed by atoms with Gasteiger partial charge in [-0.05, 0) is 68.3 Å². The quantitative estimate of drug-likeness (QED) is 0.282. The van der Waals surface area contributed by atoms with Gasteiger partial charge in [0.25, 0.3) is 0 Å².